The number of carbonyl (C=O) groups is 1. The van der Waals surface area contributed by atoms with Gasteiger partial charge in [-0.05, 0) is 141 Å². The lowest BCUT2D eigenvalue weighted by atomic mass is 9.54. The highest BCUT2D eigenvalue weighted by Crippen LogP contribution is 2.66. The number of hydrogen-bond donors (Lipinski definition) is 9. The van der Waals surface area contributed by atoms with Crippen LogP contribution in [0.15, 0.2) is 91.6 Å². The van der Waals surface area contributed by atoms with Gasteiger partial charge in [-0.15, -0.1) is 0 Å². The number of likely N-dealkylation sites (N-methyl/N-ethyl adjacent to an activating group) is 1. The van der Waals surface area contributed by atoms with E-state index in [2.05, 4.69) is 41.2 Å². The zero-order valence-corrected chi connectivity index (χ0v) is 40.5. The maximum atomic E-state index is 15.0. The van der Waals surface area contributed by atoms with E-state index in [0.717, 1.165) is 85.8 Å². The second-order valence-electron chi connectivity index (χ2n) is 21.7. The molecule has 4 bridgehead atoms. The molecule has 3 aromatic rings. The van der Waals surface area contributed by atoms with Crippen LogP contribution in [-0.4, -0.2) is 74.7 Å². The predicted molar refractivity (Wildman–Crippen MR) is 264 cm³/mol. The van der Waals surface area contributed by atoms with Crippen LogP contribution in [0.2, 0.25) is 0 Å². The van der Waals surface area contributed by atoms with Gasteiger partial charge in [0.1, 0.15) is 58.1 Å². The van der Waals surface area contributed by atoms with Crippen LogP contribution in [0, 0.1) is 23.2 Å². The first-order valence-corrected chi connectivity index (χ1v) is 25.8. The van der Waals surface area contributed by atoms with Crippen molar-refractivity contribution in [2.45, 2.75) is 146 Å². The Hall–Kier alpha value is -5.54. The van der Waals surface area contributed by atoms with Crippen LogP contribution < -0.4 is 31.8 Å². The fourth-order valence-corrected chi connectivity index (χ4v) is 15.0. The van der Waals surface area contributed by atoms with Crippen LogP contribution in [0.5, 0.6) is 17.2 Å². The molecule has 4 aliphatic heterocycles. The Balaban J connectivity index is 1.27. The SMILES string of the molecule is C/C=C(\C(=O)O[C@@H]1Cc2c3c(c4oc(CO)cc(=O)c4c2O)[C@@H]2C4=CCNC(N)=C4[C@H]([C@H]4CCC5=CC(NCC)NC=C5C[C@@H]4[C@]1(C)O3)C1(CCCC1)Cc1ccc(O)cc1[C@@H]2CO)C1(O)CCCC1. The van der Waals surface area contributed by atoms with Crippen LogP contribution in [0.3, 0.4) is 0 Å². The van der Waals surface area contributed by atoms with Gasteiger partial charge in [0.05, 0.1) is 23.9 Å². The van der Waals surface area contributed by atoms with Crippen molar-refractivity contribution in [3.05, 3.63) is 121 Å². The summed E-state index contributed by atoms with van der Waals surface area (Å²) < 4.78 is 21.3. The lowest BCUT2D eigenvalue weighted by Crippen LogP contribution is -2.60. The first-order valence-electron chi connectivity index (χ1n) is 25.8. The highest BCUT2D eigenvalue weighted by atomic mass is 16.6. The summed E-state index contributed by atoms with van der Waals surface area (Å²) in [5.74, 6) is -2.61. The summed E-state index contributed by atoms with van der Waals surface area (Å²) in [5, 5.41) is 69.3. The third-order valence-electron chi connectivity index (χ3n) is 18.1. The van der Waals surface area contributed by atoms with Gasteiger partial charge in [0.25, 0.3) is 0 Å². The van der Waals surface area contributed by atoms with Crippen LogP contribution in [0.25, 0.3) is 11.0 Å². The van der Waals surface area contributed by atoms with E-state index >= 15 is 0 Å². The van der Waals surface area contributed by atoms with Gasteiger partial charge < -0.3 is 55.8 Å². The van der Waals surface area contributed by atoms with Crippen molar-refractivity contribution in [2.75, 3.05) is 19.7 Å². The predicted octanol–water partition coefficient (Wildman–Crippen LogP) is 6.62. The Labute approximate surface area is 408 Å². The Bertz CT molecular complexity index is 2860. The Kier molecular flexibility index (Phi) is 11.8. The van der Waals surface area contributed by atoms with Crippen LogP contribution in [-0.2, 0) is 29.0 Å². The third kappa shape index (κ3) is 7.24. The maximum Gasteiger partial charge on any atom is 0.337 e. The average molecular weight is 957 g/mol. The largest absolute Gasteiger partial charge is 0.508 e. The number of aliphatic hydroxyl groups excluding tert-OH is 2. The summed E-state index contributed by atoms with van der Waals surface area (Å²) in [6.07, 6.45) is 15.9. The molecule has 8 aliphatic rings. The second kappa shape index (κ2) is 17.6. The van der Waals surface area contributed by atoms with Crippen LogP contribution >= 0.6 is 0 Å². The molecule has 0 radical (unpaired) electrons. The van der Waals surface area contributed by atoms with Crippen molar-refractivity contribution in [3.63, 3.8) is 0 Å². The van der Waals surface area contributed by atoms with Gasteiger partial charge in [0.2, 0.25) is 0 Å². The molecule has 8 atom stereocenters. The van der Waals surface area contributed by atoms with Crippen molar-refractivity contribution in [2.24, 2.45) is 28.9 Å². The minimum absolute atomic E-state index is 0.0102. The summed E-state index contributed by atoms with van der Waals surface area (Å²) in [6, 6.07) is 6.66. The molecule has 10 N–H and O–H groups in total. The zero-order valence-electron chi connectivity index (χ0n) is 40.5. The quantitative estimate of drug-likeness (QED) is 0.0896. The topological polar surface area (TPSA) is 229 Å². The first-order chi connectivity index (χ1) is 33.8. The number of benzene rings is 2. The molecule has 0 saturated heterocycles. The van der Waals surface area contributed by atoms with Gasteiger partial charge in [-0.2, -0.15) is 0 Å². The summed E-state index contributed by atoms with van der Waals surface area (Å²) in [6.45, 7) is 6.02. The number of nitrogens with two attached hydrogens (primary N) is 1. The number of aromatic hydroxyl groups is 2. The lowest BCUT2D eigenvalue weighted by Gasteiger charge is -2.55. The highest BCUT2D eigenvalue weighted by Gasteiger charge is 2.61. The van der Waals surface area contributed by atoms with Crippen LogP contribution in [0.1, 0.15) is 131 Å². The standard InChI is InChI=1S/C56H68N4O10/c1-4-39(56(67)17-8-9-18-56)53(66)69-42-24-37-49(65)46-41(64)23-33(27-61)68-51(46)47-44-35-14-19-59-52(57)45(35)48(55(15-6-7-16-55)25-30-10-12-32(63)22-36(30)38(44)28-62)34-13-11-29-21-43(58-5-2)60-26-31(29)20-40(34)54(42,3)70-50(37)47/h4,10,12,14,21-23,26,34,38,40,42-44,48,58-63,65,67H,5-9,11,13,15-20,24-25,27-28,57H2,1-3H3/b39-4+/t34-,38-,40-,42+,43?,44+,48-,54-/m0/s1. The molecule has 14 nitrogen and oxygen atoms in total. The van der Waals surface area contributed by atoms with Crippen molar-refractivity contribution in [3.8, 4) is 17.2 Å². The maximum absolute atomic E-state index is 15.0. The molecule has 11 rings (SSSR count). The minimum atomic E-state index is -1.36. The molecule has 0 amide bonds. The minimum Gasteiger partial charge on any atom is -0.508 e. The van der Waals surface area contributed by atoms with Crippen molar-refractivity contribution >= 4 is 16.9 Å². The molecule has 14 heteroatoms. The monoisotopic (exact) mass is 956 g/mol. The zero-order chi connectivity index (χ0) is 48.9. The highest BCUT2D eigenvalue weighted by molar-refractivity contribution is 5.93. The summed E-state index contributed by atoms with van der Waals surface area (Å²) in [5.41, 5.74) is 10.6. The number of hydrogen-bond acceptors (Lipinski definition) is 14. The smallest absolute Gasteiger partial charge is 0.337 e. The fourth-order valence-electron chi connectivity index (χ4n) is 15.0. The lowest BCUT2D eigenvalue weighted by molar-refractivity contribution is -0.172. The number of phenols is 2. The Morgan fingerprint density at radius 2 is 1.83 bits per heavy atom. The molecular formula is C56H68N4O10. The molecule has 3 saturated carbocycles. The van der Waals surface area contributed by atoms with E-state index < -0.39 is 53.8 Å². The van der Waals surface area contributed by atoms with E-state index in [9.17, 15) is 35.1 Å². The molecule has 4 aliphatic carbocycles. The number of rotatable bonds is 7. The fraction of sp³-hybridized carbons (Fsp3) is 0.536. The molecule has 3 fully saturated rings. The van der Waals surface area contributed by atoms with Crippen molar-refractivity contribution < 1.29 is 44.2 Å². The molecule has 1 aromatic heterocycles. The number of allylic oxidation sites excluding steroid dienone is 5. The molecule has 1 spiro atoms. The number of carbonyl (C=O) groups excluding carboxylic acids is 1. The van der Waals surface area contributed by atoms with Gasteiger partial charge >= 0.3 is 5.97 Å². The molecule has 70 heavy (non-hydrogen) atoms. The second-order valence-corrected chi connectivity index (χ2v) is 21.7. The van der Waals surface area contributed by atoms with E-state index in [1.165, 1.54) is 11.6 Å². The van der Waals surface area contributed by atoms with E-state index in [-0.39, 0.29) is 80.9 Å². The third-order valence-corrected chi connectivity index (χ3v) is 18.1. The van der Waals surface area contributed by atoms with Gasteiger partial charge in [-0.3, -0.25) is 10.1 Å². The molecule has 372 valence electrons. The number of nitrogens with one attached hydrogen (secondary N) is 3. The van der Waals surface area contributed by atoms with Crippen LogP contribution in [0.4, 0.5) is 0 Å². The van der Waals surface area contributed by atoms with E-state index in [4.69, 9.17) is 19.6 Å². The molecular weight excluding hydrogens is 889 g/mol. The number of aliphatic hydroxyl groups is 3. The van der Waals surface area contributed by atoms with E-state index in [1.54, 1.807) is 25.1 Å². The summed E-state index contributed by atoms with van der Waals surface area (Å²) in [7, 11) is 0. The van der Waals surface area contributed by atoms with Gasteiger partial charge in [-0.1, -0.05) is 50.8 Å². The number of esters is 1. The number of fused-ring (bicyclic) bond motifs is 10. The summed E-state index contributed by atoms with van der Waals surface area (Å²) in [4.78, 5) is 29.5. The number of ether oxygens (including phenoxy) is 2. The van der Waals surface area contributed by atoms with E-state index in [0.29, 0.717) is 43.6 Å². The van der Waals surface area contributed by atoms with Crippen molar-refractivity contribution in [1.29, 1.82) is 0 Å². The number of dihydropyridines is 2. The van der Waals surface area contributed by atoms with Crippen molar-refractivity contribution in [1.82, 2.24) is 16.0 Å². The molecule has 1 unspecified atom stereocenters. The van der Waals surface area contributed by atoms with E-state index in [1.807, 2.05) is 13.0 Å². The first kappa shape index (κ1) is 46.8. The Morgan fingerprint density at radius 3 is 2.56 bits per heavy atom. The molecule has 5 heterocycles. The number of phenolic OH excluding ortho intramolecular Hbond substituents is 2. The van der Waals surface area contributed by atoms with Gasteiger partial charge in [0, 0.05) is 54.1 Å². The Morgan fingerprint density at radius 1 is 1.06 bits per heavy atom. The van der Waals surface area contributed by atoms with Gasteiger partial charge in [-0.25, -0.2) is 4.79 Å². The normalized spacial score (nSPS) is 30.6. The average Bonchev–Trinajstić information content (AvgIpc) is 3.96. The summed E-state index contributed by atoms with van der Waals surface area (Å²) >= 11 is 0. The van der Waals surface area contributed by atoms with Gasteiger partial charge in [0.15, 0.2) is 5.43 Å². The molecule has 2 aromatic carbocycles.